The van der Waals surface area contributed by atoms with Crippen LogP contribution >= 0.6 is 43.5 Å². The summed E-state index contributed by atoms with van der Waals surface area (Å²) in [6.45, 7) is 4.68. The third-order valence-corrected chi connectivity index (χ3v) is 5.70. The van der Waals surface area contributed by atoms with Gasteiger partial charge < -0.3 is 0 Å². The SMILES string of the molecule is CC1(C)CCCC1C(Cl)c1cc(Br)ccc1Br. The Hall–Kier alpha value is 0.470. The van der Waals surface area contributed by atoms with Crippen LogP contribution in [0, 0.1) is 11.3 Å². The second kappa shape index (κ2) is 5.22. The van der Waals surface area contributed by atoms with E-state index in [0.717, 1.165) is 8.95 Å². The van der Waals surface area contributed by atoms with Gasteiger partial charge in [-0.25, -0.2) is 0 Å². The third kappa shape index (κ3) is 2.90. The zero-order valence-corrected chi connectivity index (χ0v) is 14.1. The summed E-state index contributed by atoms with van der Waals surface area (Å²) in [6.07, 6.45) is 3.82. The molecular formula is C14H17Br2Cl. The lowest BCUT2D eigenvalue weighted by Gasteiger charge is -2.31. The van der Waals surface area contributed by atoms with E-state index < -0.39 is 0 Å². The first-order chi connectivity index (χ1) is 7.92. The molecule has 1 aromatic carbocycles. The number of halogens is 3. The van der Waals surface area contributed by atoms with E-state index >= 15 is 0 Å². The summed E-state index contributed by atoms with van der Waals surface area (Å²) < 4.78 is 2.21. The molecule has 1 aromatic rings. The second-order valence-electron chi connectivity index (χ2n) is 5.55. The first kappa shape index (κ1) is 13.9. The Morgan fingerprint density at radius 1 is 1.35 bits per heavy atom. The molecule has 2 unspecified atom stereocenters. The van der Waals surface area contributed by atoms with Crippen molar-refractivity contribution in [2.24, 2.45) is 11.3 Å². The Kier molecular flexibility index (Phi) is 4.27. The van der Waals surface area contributed by atoms with E-state index in [2.05, 4.69) is 57.8 Å². The van der Waals surface area contributed by atoms with Crippen LogP contribution < -0.4 is 0 Å². The lowest BCUT2D eigenvalue weighted by molar-refractivity contribution is 0.252. The molecule has 1 saturated carbocycles. The highest BCUT2D eigenvalue weighted by atomic mass is 79.9. The van der Waals surface area contributed by atoms with Gasteiger partial charge in [0.25, 0.3) is 0 Å². The average Bonchev–Trinajstić information content (AvgIpc) is 2.61. The standard InChI is InChI=1S/C14H17Br2Cl/c1-14(2)7-3-4-11(14)13(17)10-8-9(15)5-6-12(10)16/h5-6,8,11,13H,3-4,7H2,1-2H3. The maximum Gasteiger partial charge on any atom is 0.0629 e. The van der Waals surface area contributed by atoms with Crippen molar-refractivity contribution in [1.29, 1.82) is 0 Å². The molecule has 0 aliphatic heterocycles. The Labute approximate surface area is 125 Å². The fraction of sp³-hybridized carbons (Fsp3) is 0.571. The van der Waals surface area contributed by atoms with Gasteiger partial charge in [0, 0.05) is 8.95 Å². The molecule has 0 saturated heterocycles. The predicted molar refractivity (Wildman–Crippen MR) is 81.6 cm³/mol. The summed E-state index contributed by atoms with van der Waals surface area (Å²) in [6, 6.07) is 6.24. The molecule has 0 heterocycles. The minimum absolute atomic E-state index is 0.0966. The van der Waals surface area contributed by atoms with E-state index in [1.807, 2.05) is 6.07 Å². The molecule has 0 bridgehead atoms. The van der Waals surface area contributed by atoms with Gasteiger partial charge in [-0.05, 0) is 47.9 Å². The van der Waals surface area contributed by atoms with Gasteiger partial charge in [-0.2, -0.15) is 0 Å². The summed E-state index contributed by atoms with van der Waals surface area (Å²) in [5.74, 6) is 0.565. The monoisotopic (exact) mass is 378 g/mol. The van der Waals surface area contributed by atoms with Crippen molar-refractivity contribution in [2.45, 2.75) is 38.5 Å². The smallest absolute Gasteiger partial charge is 0.0629 e. The maximum absolute atomic E-state index is 6.72. The highest BCUT2D eigenvalue weighted by Crippen LogP contribution is 2.52. The molecule has 0 nitrogen and oxygen atoms in total. The predicted octanol–water partition coefficient (Wildman–Crippen LogP) is 6.32. The van der Waals surface area contributed by atoms with Crippen LogP contribution in [0.3, 0.4) is 0 Å². The average molecular weight is 381 g/mol. The molecule has 2 atom stereocenters. The Morgan fingerprint density at radius 2 is 2.06 bits per heavy atom. The molecule has 17 heavy (non-hydrogen) atoms. The quantitative estimate of drug-likeness (QED) is 0.527. The van der Waals surface area contributed by atoms with Crippen molar-refractivity contribution in [3.05, 3.63) is 32.7 Å². The molecule has 1 aliphatic carbocycles. The molecule has 3 heteroatoms. The number of hydrogen-bond acceptors (Lipinski definition) is 0. The van der Waals surface area contributed by atoms with Crippen LogP contribution in [0.1, 0.15) is 44.1 Å². The number of hydrogen-bond donors (Lipinski definition) is 0. The molecule has 0 aromatic heterocycles. The second-order valence-corrected chi connectivity index (χ2v) is 7.80. The molecule has 0 amide bonds. The summed E-state index contributed by atoms with van der Waals surface area (Å²) in [5, 5.41) is 0.0966. The molecule has 2 rings (SSSR count). The van der Waals surface area contributed by atoms with Crippen molar-refractivity contribution in [1.82, 2.24) is 0 Å². The zero-order chi connectivity index (χ0) is 12.6. The molecule has 94 valence electrons. The van der Waals surface area contributed by atoms with Crippen LogP contribution in [0.5, 0.6) is 0 Å². The molecule has 1 fully saturated rings. The van der Waals surface area contributed by atoms with Crippen molar-refractivity contribution in [3.63, 3.8) is 0 Å². The Balaban J connectivity index is 2.30. The number of rotatable bonds is 2. The summed E-state index contributed by atoms with van der Waals surface area (Å²) >= 11 is 13.9. The first-order valence-electron chi connectivity index (χ1n) is 6.01. The highest BCUT2D eigenvalue weighted by Gasteiger charge is 2.39. The Morgan fingerprint density at radius 3 is 2.65 bits per heavy atom. The normalized spacial score (nSPS) is 24.9. The van der Waals surface area contributed by atoms with Crippen LogP contribution in [-0.4, -0.2) is 0 Å². The van der Waals surface area contributed by atoms with E-state index in [9.17, 15) is 0 Å². The van der Waals surface area contributed by atoms with Gasteiger partial charge in [-0.15, -0.1) is 11.6 Å². The topological polar surface area (TPSA) is 0 Å². The third-order valence-electron chi connectivity index (χ3n) is 3.95. The van der Waals surface area contributed by atoms with Crippen molar-refractivity contribution < 1.29 is 0 Å². The van der Waals surface area contributed by atoms with Gasteiger partial charge in [0.1, 0.15) is 0 Å². The van der Waals surface area contributed by atoms with E-state index in [0.29, 0.717) is 11.3 Å². The van der Waals surface area contributed by atoms with Gasteiger partial charge >= 0.3 is 0 Å². The first-order valence-corrected chi connectivity index (χ1v) is 8.03. The van der Waals surface area contributed by atoms with Crippen molar-refractivity contribution >= 4 is 43.5 Å². The van der Waals surface area contributed by atoms with Gasteiger partial charge in [0.05, 0.1) is 5.38 Å². The summed E-state index contributed by atoms with van der Waals surface area (Å²) in [7, 11) is 0. The number of alkyl halides is 1. The van der Waals surface area contributed by atoms with Crippen molar-refractivity contribution in [3.8, 4) is 0 Å². The fourth-order valence-corrected chi connectivity index (χ4v) is 4.49. The van der Waals surface area contributed by atoms with Crippen molar-refractivity contribution in [2.75, 3.05) is 0 Å². The molecule has 1 aliphatic rings. The van der Waals surface area contributed by atoms with Crippen LogP contribution in [0.15, 0.2) is 27.1 Å². The van der Waals surface area contributed by atoms with Crippen LogP contribution in [0.2, 0.25) is 0 Å². The lowest BCUT2D eigenvalue weighted by Crippen LogP contribution is -2.21. The Bertz CT molecular complexity index is 415. The molecular weight excluding hydrogens is 363 g/mol. The van der Waals surface area contributed by atoms with Gasteiger partial charge in [-0.1, -0.05) is 52.1 Å². The van der Waals surface area contributed by atoms with E-state index in [1.54, 1.807) is 0 Å². The fourth-order valence-electron chi connectivity index (χ4n) is 2.84. The van der Waals surface area contributed by atoms with E-state index in [1.165, 1.54) is 24.8 Å². The molecule has 0 spiro atoms. The molecule has 0 radical (unpaired) electrons. The maximum atomic E-state index is 6.72. The van der Waals surface area contributed by atoms with Crippen LogP contribution in [0.25, 0.3) is 0 Å². The minimum Gasteiger partial charge on any atom is -0.117 e. The van der Waals surface area contributed by atoms with E-state index in [4.69, 9.17) is 11.6 Å². The van der Waals surface area contributed by atoms with Gasteiger partial charge in [0.15, 0.2) is 0 Å². The van der Waals surface area contributed by atoms with E-state index in [-0.39, 0.29) is 5.38 Å². The van der Waals surface area contributed by atoms with Gasteiger partial charge in [-0.3, -0.25) is 0 Å². The summed E-state index contributed by atoms with van der Waals surface area (Å²) in [4.78, 5) is 0. The summed E-state index contributed by atoms with van der Waals surface area (Å²) in [5.41, 5.74) is 1.56. The van der Waals surface area contributed by atoms with Crippen LogP contribution in [-0.2, 0) is 0 Å². The largest absolute Gasteiger partial charge is 0.117 e. The van der Waals surface area contributed by atoms with Gasteiger partial charge in [0.2, 0.25) is 0 Å². The number of benzene rings is 1. The minimum atomic E-state index is 0.0966. The molecule has 0 N–H and O–H groups in total. The zero-order valence-electron chi connectivity index (χ0n) is 10.1. The highest BCUT2D eigenvalue weighted by molar-refractivity contribution is 9.11. The van der Waals surface area contributed by atoms with Crippen LogP contribution in [0.4, 0.5) is 0 Å². The lowest BCUT2D eigenvalue weighted by atomic mass is 9.78.